The summed E-state index contributed by atoms with van der Waals surface area (Å²) >= 11 is 1.54. The van der Waals surface area contributed by atoms with Gasteiger partial charge in [0.1, 0.15) is 30.0 Å². The first-order chi connectivity index (χ1) is 22.8. The molecule has 1 N–H and O–H groups in total. The molecule has 47 heavy (non-hydrogen) atoms. The number of hydrogen-bond donors (Lipinski definition) is 1. The largest absolute Gasteiger partial charge is 0.508 e. The van der Waals surface area contributed by atoms with Crippen LogP contribution in [0.5, 0.6) is 17.2 Å². The zero-order chi connectivity index (χ0) is 32.4. The molecule has 0 amide bonds. The fraction of sp³-hybridized carbons (Fsp3) is 0.474. The number of fused-ring (bicyclic) bond motifs is 1. The number of likely N-dealkylation sites (tertiary alicyclic amines) is 2. The Labute approximate surface area is 278 Å². The van der Waals surface area contributed by atoms with Crippen LogP contribution in [0.4, 0.5) is 13.2 Å². The monoisotopic (exact) mass is 664 g/mol. The van der Waals surface area contributed by atoms with E-state index in [4.69, 9.17) is 9.47 Å². The number of alkyl halides is 3. The fourth-order valence-corrected chi connectivity index (χ4v) is 8.89. The van der Waals surface area contributed by atoms with Crippen LogP contribution in [0, 0.1) is 0 Å². The molecule has 7 rings (SSSR count). The van der Waals surface area contributed by atoms with Crippen molar-refractivity contribution >= 4 is 21.4 Å². The summed E-state index contributed by atoms with van der Waals surface area (Å²) in [4.78, 5) is 5.80. The molecule has 3 aliphatic rings. The van der Waals surface area contributed by atoms with Crippen molar-refractivity contribution in [2.24, 2.45) is 0 Å². The lowest BCUT2D eigenvalue weighted by molar-refractivity contribution is -0.139. The van der Waals surface area contributed by atoms with Crippen molar-refractivity contribution in [3.8, 4) is 27.7 Å². The number of halogens is 3. The van der Waals surface area contributed by atoms with E-state index in [-0.39, 0.29) is 23.6 Å². The SMILES string of the molecule is Oc1ccc2c(Cc3ccc(OC4CCCCC4N4CCCC4)c(C(F)(F)F)c3)c(-c3ccc(OCCN4CCCC4)cc3)sc2c1. The van der Waals surface area contributed by atoms with Crippen molar-refractivity contribution in [1.29, 1.82) is 0 Å². The molecule has 250 valence electrons. The van der Waals surface area contributed by atoms with Crippen LogP contribution in [-0.4, -0.2) is 66.4 Å². The van der Waals surface area contributed by atoms with Crippen LogP contribution >= 0.6 is 11.3 Å². The predicted molar refractivity (Wildman–Crippen MR) is 182 cm³/mol. The van der Waals surface area contributed by atoms with Gasteiger partial charge in [-0.25, -0.2) is 0 Å². The first-order valence-corrected chi connectivity index (χ1v) is 17.9. The number of benzene rings is 3. The summed E-state index contributed by atoms with van der Waals surface area (Å²) in [5.41, 5.74) is 1.76. The standard InChI is InChI=1S/C38H43F3N2O3S/c39-38(40,41)32-24-26(9-16-34(32)46-35-8-2-1-7-33(35)43-19-5-6-20-43)23-31-30-15-12-28(44)25-36(30)47-37(31)27-10-13-29(14-11-27)45-22-21-42-17-3-4-18-42/h9-16,24-25,33,35,44H,1-8,17-23H2. The summed E-state index contributed by atoms with van der Waals surface area (Å²) in [6, 6.07) is 17.9. The molecule has 3 aromatic carbocycles. The predicted octanol–water partition coefficient (Wildman–Crippen LogP) is 9.14. The topological polar surface area (TPSA) is 45.2 Å². The van der Waals surface area contributed by atoms with Crippen LogP contribution in [-0.2, 0) is 12.6 Å². The van der Waals surface area contributed by atoms with Crippen molar-refractivity contribution in [3.63, 3.8) is 0 Å². The molecular weight excluding hydrogens is 621 g/mol. The van der Waals surface area contributed by atoms with Crippen molar-refractivity contribution in [2.75, 3.05) is 39.3 Å². The molecule has 0 radical (unpaired) electrons. The van der Waals surface area contributed by atoms with E-state index >= 15 is 0 Å². The normalized spacial score (nSPS) is 21.1. The molecule has 0 bridgehead atoms. The Bertz CT molecular complexity index is 1660. The maximum atomic E-state index is 14.6. The molecule has 4 aromatic rings. The first-order valence-electron chi connectivity index (χ1n) is 17.1. The molecule has 9 heteroatoms. The number of ether oxygens (including phenoxy) is 2. The summed E-state index contributed by atoms with van der Waals surface area (Å²) in [6.45, 7) is 5.80. The van der Waals surface area contributed by atoms with Gasteiger partial charge in [-0.05, 0) is 154 Å². The van der Waals surface area contributed by atoms with E-state index in [1.54, 1.807) is 29.5 Å². The second kappa shape index (κ2) is 14.1. The highest BCUT2D eigenvalue weighted by atomic mass is 32.1. The molecule has 2 unspecified atom stereocenters. The van der Waals surface area contributed by atoms with E-state index in [2.05, 4.69) is 9.80 Å². The molecule has 2 atom stereocenters. The Morgan fingerprint density at radius 3 is 2.34 bits per heavy atom. The van der Waals surface area contributed by atoms with E-state index in [9.17, 15) is 18.3 Å². The highest BCUT2D eigenvalue weighted by molar-refractivity contribution is 7.22. The van der Waals surface area contributed by atoms with E-state index in [1.807, 2.05) is 30.3 Å². The Hall–Kier alpha value is -3.27. The molecule has 1 saturated carbocycles. The van der Waals surface area contributed by atoms with Gasteiger partial charge in [-0.15, -0.1) is 11.3 Å². The van der Waals surface area contributed by atoms with Gasteiger partial charge < -0.3 is 14.6 Å². The van der Waals surface area contributed by atoms with Crippen molar-refractivity contribution in [2.45, 2.75) is 76.1 Å². The molecule has 0 spiro atoms. The second-order valence-electron chi connectivity index (χ2n) is 13.3. The lowest BCUT2D eigenvalue weighted by atomic mass is 9.91. The molecule has 3 fully saturated rings. The van der Waals surface area contributed by atoms with Crippen molar-refractivity contribution in [1.82, 2.24) is 9.80 Å². The van der Waals surface area contributed by atoms with Gasteiger partial charge in [0.25, 0.3) is 0 Å². The number of phenols is 1. The lowest BCUT2D eigenvalue weighted by Gasteiger charge is -2.38. The maximum Gasteiger partial charge on any atom is 0.419 e. The summed E-state index contributed by atoms with van der Waals surface area (Å²) in [7, 11) is 0. The van der Waals surface area contributed by atoms with Gasteiger partial charge in [0.05, 0.1) is 5.56 Å². The number of thiophene rings is 1. The zero-order valence-electron chi connectivity index (χ0n) is 26.7. The van der Waals surface area contributed by atoms with Crippen molar-refractivity contribution < 1.29 is 27.8 Å². The molecular formula is C38H43F3N2O3S. The molecule has 2 aliphatic heterocycles. The van der Waals surface area contributed by atoms with Crippen molar-refractivity contribution in [3.05, 3.63) is 77.4 Å². The Kier molecular flexibility index (Phi) is 9.66. The van der Waals surface area contributed by atoms with Crippen LogP contribution in [0.25, 0.3) is 20.5 Å². The van der Waals surface area contributed by atoms with E-state index in [1.165, 1.54) is 25.0 Å². The minimum Gasteiger partial charge on any atom is -0.508 e. The van der Waals surface area contributed by atoms with Crippen LogP contribution in [0.15, 0.2) is 60.7 Å². The molecule has 5 nitrogen and oxygen atoms in total. The summed E-state index contributed by atoms with van der Waals surface area (Å²) < 4.78 is 56.9. The number of nitrogens with zero attached hydrogens (tertiary/aromatic N) is 2. The third-order valence-corrected chi connectivity index (χ3v) is 11.3. The van der Waals surface area contributed by atoms with Crippen LogP contribution in [0.3, 0.4) is 0 Å². The Morgan fingerprint density at radius 1 is 0.830 bits per heavy atom. The van der Waals surface area contributed by atoms with Gasteiger partial charge in [-0.2, -0.15) is 13.2 Å². The number of hydrogen-bond acceptors (Lipinski definition) is 6. The third kappa shape index (κ3) is 7.42. The quantitative estimate of drug-likeness (QED) is 0.183. The van der Waals surface area contributed by atoms with Gasteiger partial charge in [-0.3, -0.25) is 9.80 Å². The zero-order valence-corrected chi connectivity index (χ0v) is 27.6. The summed E-state index contributed by atoms with van der Waals surface area (Å²) in [6.07, 6.45) is 4.14. The molecule has 3 heterocycles. The number of aromatic hydroxyl groups is 1. The van der Waals surface area contributed by atoms with Gasteiger partial charge in [0.2, 0.25) is 0 Å². The van der Waals surface area contributed by atoms with E-state index in [0.29, 0.717) is 18.6 Å². The average molecular weight is 665 g/mol. The van der Waals surface area contributed by atoms with Crippen LogP contribution in [0.1, 0.15) is 68.1 Å². The average Bonchev–Trinajstić information content (AvgIpc) is 3.85. The maximum absolute atomic E-state index is 14.6. The number of phenolic OH excluding ortho intramolecular Hbond substituents is 1. The second-order valence-corrected chi connectivity index (χ2v) is 14.3. The molecule has 2 saturated heterocycles. The summed E-state index contributed by atoms with van der Waals surface area (Å²) in [5, 5.41) is 11.1. The third-order valence-electron chi connectivity index (χ3n) is 10.1. The summed E-state index contributed by atoms with van der Waals surface area (Å²) in [5.74, 6) is 0.885. The van der Waals surface area contributed by atoms with Gasteiger partial charge in [0, 0.05) is 22.2 Å². The Morgan fingerprint density at radius 2 is 1.57 bits per heavy atom. The number of rotatable bonds is 10. The van der Waals surface area contributed by atoms with E-state index < -0.39 is 11.7 Å². The molecule has 1 aromatic heterocycles. The molecule has 1 aliphatic carbocycles. The highest BCUT2D eigenvalue weighted by Crippen LogP contribution is 2.43. The minimum absolute atomic E-state index is 0.0713. The minimum atomic E-state index is -4.54. The van der Waals surface area contributed by atoms with E-state index in [0.717, 1.165) is 103 Å². The van der Waals surface area contributed by atoms with Gasteiger partial charge >= 0.3 is 6.18 Å². The lowest BCUT2D eigenvalue weighted by Crippen LogP contribution is -2.46. The van der Waals surface area contributed by atoms with Crippen LogP contribution < -0.4 is 9.47 Å². The Balaban J connectivity index is 1.15. The van der Waals surface area contributed by atoms with Gasteiger partial charge in [0.15, 0.2) is 0 Å². The fourth-order valence-electron chi connectivity index (χ4n) is 7.63. The highest BCUT2D eigenvalue weighted by Gasteiger charge is 2.38. The smallest absolute Gasteiger partial charge is 0.419 e. The first kappa shape index (κ1) is 32.3. The van der Waals surface area contributed by atoms with Crippen LogP contribution in [0.2, 0.25) is 0 Å². The van der Waals surface area contributed by atoms with Gasteiger partial charge in [-0.1, -0.05) is 12.5 Å².